The molecule has 0 spiro atoms. The molecule has 0 radical (unpaired) electrons. The van der Waals surface area contributed by atoms with Crippen LogP contribution in [0.3, 0.4) is 0 Å². The molecule has 66 valence electrons. The van der Waals surface area contributed by atoms with E-state index in [1.807, 2.05) is 6.92 Å². The summed E-state index contributed by atoms with van der Waals surface area (Å²) in [5.74, 6) is 0.0501. The molecular weight excluding hydrogens is 146 g/mol. The van der Waals surface area contributed by atoms with Crippen molar-refractivity contribution >= 4 is 6.09 Å². The Hall–Kier alpha value is -0.770. The minimum Gasteiger partial charge on any atom is -0.453 e. The SMILES string of the molecule is COC(=O)NC[C@@H](C)[C@@H](C)O. The number of nitrogens with one attached hydrogen (secondary N) is 1. The summed E-state index contributed by atoms with van der Waals surface area (Å²) in [6, 6.07) is 0. The molecule has 0 bridgehead atoms. The number of methoxy groups -OCH3 is 1. The Morgan fingerprint density at radius 1 is 1.64 bits per heavy atom. The molecule has 0 rings (SSSR count). The Morgan fingerprint density at radius 2 is 2.18 bits per heavy atom. The fraction of sp³-hybridized carbons (Fsp3) is 0.857. The predicted octanol–water partition coefficient (Wildman–Crippen LogP) is 0.359. The number of rotatable bonds is 3. The topological polar surface area (TPSA) is 58.6 Å². The molecule has 1 amide bonds. The van der Waals surface area contributed by atoms with E-state index >= 15 is 0 Å². The Bertz CT molecular complexity index is 125. The number of hydrogen-bond donors (Lipinski definition) is 2. The summed E-state index contributed by atoms with van der Waals surface area (Å²) in [6.45, 7) is 3.97. The second kappa shape index (κ2) is 4.96. The van der Waals surface area contributed by atoms with Crippen LogP contribution in [0.25, 0.3) is 0 Å². The maximum absolute atomic E-state index is 10.5. The van der Waals surface area contributed by atoms with Gasteiger partial charge in [-0.15, -0.1) is 0 Å². The lowest BCUT2D eigenvalue weighted by Gasteiger charge is -2.14. The molecule has 0 saturated heterocycles. The maximum Gasteiger partial charge on any atom is 0.406 e. The molecule has 0 aliphatic heterocycles. The molecule has 0 aromatic heterocycles. The quantitative estimate of drug-likeness (QED) is 0.628. The van der Waals surface area contributed by atoms with Crippen LogP contribution < -0.4 is 5.32 Å². The van der Waals surface area contributed by atoms with Gasteiger partial charge in [0.15, 0.2) is 0 Å². The van der Waals surface area contributed by atoms with Crippen molar-refractivity contribution in [3.8, 4) is 0 Å². The molecule has 0 heterocycles. The van der Waals surface area contributed by atoms with Crippen LogP contribution in [-0.2, 0) is 4.74 Å². The Kier molecular flexibility index (Phi) is 4.61. The molecule has 4 heteroatoms. The molecule has 0 aliphatic rings. The first kappa shape index (κ1) is 10.2. The Balaban J connectivity index is 3.45. The zero-order valence-corrected chi connectivity index (χ0v) is 7.13. The molecular formula is C7H15NO3. The number of hydrogen-bond acceptors (Lipinski definition) is 3. The van der Waals surface area contributed by atoms with E-state index < -0.39 is 12.2 Å². The van der Waals surface area contributed by atoms with Gasteiger partial charge in [0, 0.05) is 6.54 Å². The van der Waals surface area contributed by atoms with Gasteiger partial charge < -0.3 is 15.2 Å². The average molecular weight is 161 g/mol. The van der Waals surface area contributed by atoms with Crippen LogP contribution in [0.4, 0.5) is 4.79 Å². The van der Waals surface area contributed by atoms with Crippen LogP contribution in [-0.4, -0.2) is 31.0 Å². The maximum atomic E-state index is 10.5. The molecule has 4 nitrogen and oxygen atoms in total. The number of ether oxygens (including phenoxy) is 1. The van der Waals surface area contributed by atoms with Gasteiger partial charge in [-0.1, -0.05) is 6.92 Å². The van der Waals surface area contributed by atoms with E-state index in [2.05, 4.69) is 10.1 Å². The van der Waals surface area contributed by atoms with Gasteiger partial charge in [-0.3, -0.25) is 0 Å². The summed E-state index contributed by atoms with van der Waals surface area (Å²) in [5.41, 5.74) is 0. The van der Waals surface area contributed by atoms with Crippen molar-refractivity contribution in [2.75, 3.05) is 13.7 Å². The van der Waals surface area contributed by atoms with Crippen molar-refractivity contribution in [2.45, 2.75) is 20.0 Å². The standard InChI is InChI=1S/C7H15NO3/c1-5(6(2)9)4-8-7(10)11-3/h5-6,9H,4H2,1-3H3,(H,8,10)/t5-,6-/m1/s1. The summed E-state index contributed by atoms with van der Waals surface area (Å²) in [4.78, 5) is 10.5. The molecule has 0 fully saturated rings. The fourth-order valence-electron chi connectivity index (χ4n) is 0.487. The first-order chi connectivity index (χ1) is 5.07. The highest BCUT2D eigenvalue weighted by atomic mass is 16.5. The van der Waals surface area contributed by atoms with E-state index in [0.29, 0.717) is 6.54 Å². The lowest BCUT2D eigenvalue weighted by atomic mass is 10.1. The molecule has 2 atom stereocenters. The monoisotopic (exact) mass is 161 g/mol. The van der Waals surface area contributed by atoms with Crippen molar-refractivity contribution in [3.05, 3.63) is 0 Å². The van der Waals surface area contributed by atoms with E-state index in [1.54, 1.807) is 6.92 Å². The van der Waals surface area contributed by atoms with Crippen LogP contribution in [0.1, 0.15) is 13.8 Å². The van der Waals surface area contributed by atoms with E-state index in [4.69, 9.17) is 5.11 Å². The highest BCUT2D eigenvalue weighted by molar-refractivity contribution is 5.66. The van der Waals surface area contributed by atoms with Gasteiger partial charge in [-0.05, 0) is 12.8 Å². The van der Waals surface area contributed by atoms with Gasteiger partial charge in [0.2, 0.25) is 0 Å². The predicted molar refractivity (Wildman–Crippen MR) is 41.3 cm³/mol. The van der Waals surface area contributed by atoms with Gasteiger partial charge in [-0.25, -0.2) is 4.79 Å². The number of aliphatic hydroxyl groups is 1. The van der Waals surface area contributed by atoms with Gasteiger partial charge in [0.25, 0.3) is 0 Å². The largest absolute Gasteiger partial charge is 0.453 e. The molecule has 0 unspecified atom stereocenters. The number of carbonyl (C=O) groups excluding carboxylic acids is 1. The third kappa shape index (κ3) is 4.61. The highest BCUT2D eigenvalue weighted by Crippen LogP contribution is 1.98. The smallest absolute Gasteiger partial charge is 0.406 e. The van der Waals surface area contributed by atoms with Crippen molar-refractivity contribution < 1.29 is 14.6 Å². The van der Waals surface area contributed by atoms with Gasteiger partial charge in [-0.2, -0.15) is 0 Å². The zero-order valence-electron chi connectivity index (χ0n) is 7.13. The first-order valence-electron chi connectivity index (χ1n) is 3.57. The third-order valence-corrected chi connectivity index (χ3v) is 1.58. The molecule has 11 heavy (non-hydrogen) atoms. The molecule has 0 saturated carbocycles. The summed E-state index contributed by atoms with van der Waals surface area (Å²) < 4.78 is 4.35. The second-order valence-corrected chi connectivity index (χ2v) is 2.59. The molecule has 0 aromatic carbocycles. The zero-order chi connectivity index (χ0) is 8.85. The number of alkyl carbamates (subject to hydrolysis) is 1. The van der Waals surface area contributed by atoms with E-state index in [9.17, 15) is 4.79 Å². The van der Waals surface area contributed by atoms with E-state index in [0.717, 1.165) is 0 Å². The van der Waals surface area contributed by atoms with Gasteiger partial charge in [0.1, 0.15) is 0 Å². The summed E-state index contributed by atoms with van der Waals surface area (Å²) in [6.07, 6.45) is -0.871. The Morgan fingerprint density at radius 3 is 2.55 bits per heavy atom. The minimum atomic E-state index is -0.461. The van der Waals surface area contributed by atoms with E-state index in [-0.39, 0.29) is 5.92 Å². The number of aliphatic hydroxyl groups excluding tert-OH is 1. The summed E-state index contributed by atoms with van der Waals surface area (Å²) >= 11 is 0. The van der Waals surface area contributed by atoms with Crippen molar-refractivity contribution in [1.29, 1.82) is 0 Å². The molecule has 2 N–H and O–H groups in total. The van der Waals surface area contributed by atoms with Crippen molar-refractivity contribution in [3.63, 3.8) is 0 Å². The van der Waals surface area contributed by atoms with Crippen LogP contribution in [0.2, 0.25) is 0 Å². The third-order valence-electron chi connectivity index (χ3n) is 1.58. The van der Waals surface area contributed by atoms with Crippen LogP contribution >= 0.6 is 0 Å². The van der Waals surface area contributed by atoms with Crippen molar-refractivity contribution in [2.24, 2.45) is 5.92 Å². The summed E-state index contributed by atoms with van der Waals surface area (Å²) in [7, 11) is 1.31. The first-order valence-corrected chi connectivity index (χ1v) is 3.57. The minimum absolute atomic E-state index is 0.0501. The lowest BCUT2D eigenvalue weighted by molar-refractivity contribution is 0.128. The average Bonchev–Trinajstić information content (AvgIpc) is 1.99. The highest BCUT2D eigenvalue weighted by Gasteiger charge is 2.09. The van der Waals surface area contributed by atoms with Gasteiger partial charge in [0.05, 0.1) is 13.2 Å². The number of amides is 1. The molecule has 0 aromatic rings. The van der Waals surface area contributed by atoms with Crippen molar-refractivity contribution in [1.82, 2.24) is 5.32 Å². The normalized spacial score (nSPS) is 15.3. The fourth-order valence-corrected chi connectivity index (χ4v) is 0.487. The number of carbonyl (C=O) groups is 1. The lowest BCUT2D eigenvalue weighted by Crippen LogP contribution is -2.32. The summed E-state index contributed by atoms with van der Waals surface area (Å²) in [5, 5.41) is 11.5. The Labute approximate surface area is 66.5 Å². The van der Waals surface area contributed by atoms with Crippen LogP contribution in [0, 0.1) is 5.92 Å². The second-order valence-electron chi connectivity index (χ2n) is 2.59. The van der Waals surface area contributed by atoms with Crippen LogP contribution in [0.15, 0.2) is 0 Å². The van der Waals surface area contributed by atoms with Crippen LogP contribution in [0.5, 0.6) is 0 Å². The van der Waals surface area contributed by atoms with Gasteiger partial charge >= 0.3 is 6.09 Å². The molecule has 0 aliphatic carbocycles. The van der Waals surface area contributed by atoms with E-state index in [1.165, 1.54) is 7.11 Å².